The van der Waals surface area contributed by atoms with E-state index in [2.05, 4.69) is 5.32 Å². The highest BCUT2D eigenvalue weighted by Crippen LogP contribution is 2.24. The van der Waals surface area contributed by atoms with Gasteiger partial charge in [0.05, 0.1) is 11.6 Å². The molecule has 0 heterocycles. The number of nitrogens with zero attached hydrogens (tertiary/aromatic N) is 1. The fourth-order valence-electron chi connectivity index (χ4n) is 1.33. The molecule has 0 fully saturated rings. The number of alkyl halides is 1. The normalized spacial score (nSPS) is 14.4. The van der Waals surface area contributed by atoms with E-state index in [1.807, 2.05) is 6.07 Å². The van der Waals surface area contributed by atoms with Gasteiger partial charge in [0.1, 0.15) is 5.67 Å². The van der Waals surface area contributed by atoms with Gasteiger partial charge in [-0.15, -0.1) is 0 Å². The Labute approximate surface area is 83.4 Å². The Hall–Kier alpha value is -1.40. The van der Waals surface area contributed by atoms with Crippen LogP contribution in [0.3, 0.4) is 0 Å². The standard InChI is InChI=1S/C11H13FN2/c1-11(12,8-14-2)10-5-3-9(7-13)4-6-10/h3-6,14H,8H2,1-2H3. The second kappa shape index (κ2) is 4.21. The van der Waals surface area contributed by atoms with Gasteiger partial charge in [-0.2, -0.15) is 5.26 Å². The Morgan fingerprint density at radius 1 is 1.43 bits per heavy atom. The van der Waals surface area contributed by atoms with Crippen molar-refractivity contribution in [2.75, 3.05) is 13.6 Å². The summed E-state index contributed by atoms with van der Waals surface area (Å²) in [6, 6.07) is 8.55. The molecule has 1 aromatic carbocycles. The molecule has 0 saturated heterocycles. The lowest BCUT2D eigenvalue weighted by molar-refractivity contribution is 0.191. The summed E-state index contributed by atoms with van der Waals surface area (Å²) in [5.41, 5.74) is -0.247. The number of halogens is 1. The minimum absolute atomic E-state index is 0.263. The first-order valence-corrected chi connectivity index (χ1v) is 4.44. The maximum Gasteiger partial charge on any atom is 0.145 e. The monoisotopic (exact) mass is 192 g/mol. The van der Waals surface area contributed by atoms with E-state index >= 15 is 0 Å². The number of nitrogens with one attached hydrogen (secondary N) is 1. The molecule has 0 spiro atoms. The lowest BCUT2D eigenvalue weighted by atomic mass is 9.97. The number of likely N-dealkylation sites (N-methyl/N-ethyl adjacent to an activating group) is 1. The summed E-state index contributed by atoms with van der Waals surface area (Å²) in [4.78, 5) is 0. The molecule has 0 amide bonds. The molecule has 1 atom stereocenters. The summed E-state index contributed by atoms with van der Waals surface area (Å²) < 4.78 is 13.9. The first-order valence-electron chi connectivity index (χ1n) is 4.44. The molecule has 0 aliphatic heterocycles. The number of nitriles is 1. The molecule has 14 heavy (non-hydrogen) atoms. The van der Waals surface area contributed by atoms with Crippen molar-refractivity contribution < 1.29 is 4.39 Å². The van der Waals surface area contributed by atoms with E-state index in [0.29, 0.717) is 11.1 Å². The van der Waals surface area contributed by atoms with E-state index in [1.165, 1.54) is 6.92 Å². The highest BCUT2D eigenvalue weighted by Gasteiger charge is 2.24. The lowest BCUT2D eigenvalue weighted by Crippen LogP contribution is -2.29. The number of benzene rings is 1. The van der Waals surface area contributed by atoms with Crippen LogP contribution in [-0.4, -0.2) is 13.6 Å². The molecular weight excluding hydrogens is 179 g/mol. The molecule has 1 N–H and O–H groups in total. The summed E-state index contributed by atoms with van der Waals surface area (Å²) in [5.74, 6) is 0. The summed E-state index contributed by atoms with van der Waals surface area (Å²) in [6.07, 6.45) is 0. The smallest absolute Gasteiger partial charge is 0.145 e. The summed E-state index contributed by atoms with van der Waals surface area (Å²) in [6.45, 7) is 1.78. The van der Waals surface area contributed by atoms with E-state index in [1.54, 1.807) is 31.3 Å². The van der Waals surface area contributed by atoms with Crippen molar-refractivity contribution >= 4 is 0 Å². The van der Waals surface area contributed by atoms with Crippen LogP contribution in [0, 0.1) is 11.3 Å². The van der Waals surface area contributed by atoms with Crippen LogP contribution in [0.15, 0.2) is 24.3 Å². The molecule has 1 unspecified atom stereocenters. The molecule has 1 rings (SSSR count). The van der Waals surface area contributed by atoms with Crippen molar-refractivity contribution in [1.29, 1.82) is 5.26 Å². The summed E-state index contributed by atoms with van der Waals surface area (Å²) >= 11 is 0. The van der Waals surface area contributed by atoms with Crippen molar-refractivity contribution in [3.63, 3.8) is 0 Å². The minimum Gasteiger partial charge on any atom is -0.316 e. The number of hydrogen-bond acceptors (Lipinski definition) is 2. The molecular formula is C11H13FN2. The lowest BCUT2D eigenvalue weighted by Gasteiger charge is -2.20. The van der Waals surface area contributed by atoms with E-state index in [4.69, 9.17) is 5.26 Å². The van der Waals surface area contributed by atoms with Crippen LogP contribution in [0.5, 0.6) is 0 Å². The van der Waals surface area contributed by atoms with E-state index < -0.39 is 5.67 Å². The first kappa shape index (κ1) is 10.7. The Bertz CT molecular complexity index is 335. The molecule has 0 saturated carbocycles. The third-order valence-electron chi connectivity index (χ3n) is 2.12. The largest absolute Gasteiger partial charge is 0.316 e. The van der Waals surface area contributed by atoms with Gasteiger partial charge < -0.3 is 5.32 Å². The van der Waals surface area contributed by atoms with Gasteiger partial charge in [0.25, 0.3) is 0 Å². The van der Waals surface area contributed by atoms with Crippen molar-refractivity contribution in [3.05, 3.63) is 35.4 Å². The second-order valence-corrected chi connectivity index (χ2v) is 3.42. The van der Waals surface area contributed by atoms with Gasteiger partial charge in [0, 0.05) is 6.54 Å². The molecule has 0 bridgehead atoms. The van der Waals surface area contributed by atoms with Gasteiger partial charge in [0.2, 0.25) is 0 Å². The van der Waals surface area contributed by atoms with E-state index in [0.717, 1.165) is 0 Å². The zero-order valence-corrected chi connectivity index (χ0v) is 8.34. The Morgan fingerprint density at radius 2 is 2.00 bits per heavy atom. The molecule has 0 aliphatic rings. The number of rotatable bonds is 3. The Kier molecular flexibility index (Phi) is 3.21. The fraction of sp³-hybridized carbons (Fsp3) is 0.364. The van der Waals surface area contributed by atoms with Gasteiger partial charge >= 0.3 is 0 Å². The van der Waals surface area contributed by atoms with Gasteiger partial charge in [-0.05, 0) is 31.7 Å². The third kappa shape index (κ3) is 2.30. The van der Waals surface area contributed by atoms with Gasteiger partial charge in [-0.3, -0.25) is 0 Å². The average molecular weight is 192 g/mol. The summed E-state index contributed by atoms with van der Waals surface area (Å²) in [7, 11) is 1.71. The second-order valence-electron chi connectivity index (χ2n) is 3.42. The maximum atomic E-state index is 13.9. The molecule has 2 nitrogen and oxygen atoms in total. The highest BCUT2D eigenvalue weighted by atomic mass is 19.1. The van der Waals surface area contributed by atoms with Crippen molar-refractivity contribution in [1.82, 2.24) is 5.32 Å². The topological polar surface area (TPSA) is 35.8 Å². The van der Waals surface area contributed by atoms with Crippen molar-refractivity contribution in [2.24, 2.45) is 0 Å². The van der Waals surface area contributed by atoms with Gasteiger partial charge in [0.15, 0.2) is 0 Å². The quantitative estimate of drug-likeness (QED) is 0.794. The zero-order valence-electron chi connectivity index (χ0n) is 8.34. The Morgan fingerprint density at radius 3 is 2.43 bits per heavy atom. The van der Waals surface area contributed by atoms with Crippen LogP contribution >= 0.6 is 0 Å². The van der Waals surface area contributed by atoms with Crippen LogP contribution in [0.4, 0.5) is 4.39 Å². The predicted molar refractivity (Wildman–Crippen MR) is 53.5 cm³/mol. The Balaban J connectivity index is 2.92. The molecule has 1 aromatic rings. The molecule has 74 valence electrons. The highest BCUT2D eigenvalue weighted by molar-refractivity contribution is 5.33. The maximum absolute atomic E-state index is 13.9. The third-order valence-corrected chi connectivity index (χ3v) is 2.12. The fourth-order valence-corrected chi connectivity index (χ4v) is 1.33. The first-order chi connectivity index (χ1) is 6.60. The van der Waals surface area contributed by atoms with Crippen LogP contribution < -0.4 is 5.32 Å². The van der Waals surface area contributed by atoms with E-state index in [9.17, 15) is 4.39 Å². The molecule has 0 aromatic heterocycles. The predicted octanol–water partition coefficient (Wildman–Crippen LogP) is 1.96. The van der Waals surface area contributed by atoms with Crippen LogP contribution in [0.1, 0.15) is 18.1 Å². The summed E-state index contributed by atoms with van der Waals surface area (Å²) in [5, 5.41) is 11.4. The molecule has 0 aliphatic carbocycles. The van der Waals surface area contributed by atoms with Crippen molar-refractivity contribution in [3.8, 4) is 6.07 Å². The van der Waals surface area contributed by atoms with Gasteiger partial charge in [-0.25, -0.2) is 4.39 Å². The van der Waals surface area contributed by atoms with Crippen LogP contribution in [-0.2, 0) is 5.67 Å². The minimum atomic E-state index is -1.39. The van der Waals surface area contributed by atoms with Gasteiger partial charge in [-0.1, -0.05) is 12.1 Å². The SMILES string of the molecule is CNCC(C)(F)c1ccc(C#N)cc1. The molecule has 3 heteroatoms. The number of hydrogen-bond donors (Lipinski definition) is 1. The molecule has 0 radical (unpaired) electrons. The van der Waals surface area contributed by atoms with Crippen LogP contribution in [0.25, 0.3) is 0 Å². The van der Waals surface area contributed by atoms with Crippen LogP contribution in [0.2, 0.25) is 0 Å². The van der Waals surface area contributed by atoms with E-state index in [-0.39, 0.29) is 6.54 Å². The van der Waals surface area contributed by atoms with Crippen molar-refractivity contribution in [2.45, 2.75) is 12.6 Å². The average Bonchev–Trinajstić information content (AvgIpc) is 2.18. The zero-order chi connectivity index (χ0) is 10.6.